The molecule has 0 fully saturated rings. The van der Waals surface area contributed by atoms with Gasteiger partial charge in [-0.15, -0.1) is 0 Å². The Morgan fingerprint density at radius 1 is 1.03 bits per heavy atom. The Kier molecular flexibility index (Phi) is 9.25. The van der Waals surface area contributed by atoms with Crippen LogP contribution in [0.1, 0.15) is 43.7 Å². The van der Waals surface area contributed by atoms with Crippen LogP contribution in [0.3, 0.4) is 0 Å². The van der Waals surface area contributed by atoms with Gasteiger partial charge in [-0.05, 0) is 40.5 Å². The predicted molar refractivity (Wildman–Crippen MR) is 132 cm³/mol. The van der Waals surface area contributed by atoms with Gasteiger partial charge >= 0.3 is 12.1 Å². The number of carbonyl (C=O) groups excluding carboxylic acids is 2. The van der Waals surface area contributed by atoms with Crippen molar-refractivity contribution in [1.29, 1.82) is 0 Å². The molecule has 0 saturated heterocycles. The molecule has 0 aromatic heterocycles. The first-order valence-electron chi connectivity index (χ1n) is 12.0. The average Bonchev–Trinajstić information content (AvgIpc) is 3.14. The third-order valence-corrected chi connectivity index (χ3v) is 6.20. The van der Waals surface area contributed by atoms with Crippen LogP contribution in [0.25, 0.3) is 11.1 Å². The maximum absolute atomic E-state index is 12.6. The van der Waals surface area contributed by atoms with Gasteiger partial charge in [-0.1, -0.05) is 62.4 Å². The first kappa shape index (κ1) is 26.2. The number of aliphatic hydroxyl groups excluding tert-OH is 1. The number of aliphatic hydroxyl groups is 1. The number of amides is 2. The topological polar surface area (TPSA) is 116 Å². The molecule has 1 atom stereocenters. The molecule has 1 aliphatic rings. The van der Waals surface area contributed by atoms with E-state index in [4.69, 9.17) is 14.9 Å². The Morgan fingerprint density at radius 2 is 1.63 bits per heavy atom. The number of nitrogens with zero attached hydrogens (tertiary/aromatic N) is 1. The molecule has 0 aliphatic heterocycles. The van der Waals surface area contributed by atoms with Crippen LogP contribution in [-0.4, -0.2) is 65.9 Å². The minimum atomic E-state index is -1.14. The van der Waals surface area contributed by atoms with Crippen molar-refractivity contribution in [3.05, 3.63) is 59.7 Å². The fourth-order valence-corrected chi connectivity index (χ4v) is 4.73. The monoisotopic (exact) mass is 482 g/mol. The third-order valence-electron chi connectivity index (χ3n) is 6.20. The zero-order valence-corrected chi connectivity index (χ0v) is 20.3. The molecule has 35 heavy (non-hydrogen) atoms. The second-order valence-electron chi connectivity index (χ2n) is 9.34. The molecule has 2 aromatic carbocycles. The molecule has 0 spiro atoms. The number of fused-ring (bicyclic) bond motifs is 3. The summed E-state index contributed by atoms with van der Waals surface area (Å²) < 4.78 is 5.58. The lowest BCUT2D eigenvalue weighted by Gasteiger charge is -2.24. The molecule has 3 rings (SSSR count). The van der Waals surface area contributed by atoms with E-state index in [1.807, 2.05) is 38.1 Å². The Labute approximate surface area is 205 Å². The van der Waals surface area contributed by atoms with E-state index in [9.17, 15) is 14.4 Å². The third kappa shape index (κ3) is 7.05. The van der Waals surface area contributed by atoms with Crippen molar-refractivity contribution < 1.29 is 29.3 Å². The summed E-state index contributed by atoms with van der Waals surface area (Å²) in [5.41, 5.74) is 4.57. The van der Waals surface area contributed by atoms with Gasteiger partial charge in [0.05, 0.1) is 6.61 Å². The highest BCUT2D eigenvalue weighted by Crippen LogP contribution is 2.44. The van der Waals surface area contributed by atoms with E-state index in [0.717, 1.165) is 27.2 Å². The van der Waals surface area contributed by atoms with Gasteiger partial charge in [0.2, 0.25) is 5.91 Å². The number of hydrogen-bond donors (Lipinski definition) is 3. The number of alkyl carbamates (subject to hydrolysis) is 1. The van der Waals surface area contributed by atoms with Crippen molar-refractivity contribution in [2.75, 3.05) is 32.8 Å². The Balaban J connectivity index is 1.57. The van der Waals surface area contributed by atoms with Gasteiger partial charge in [0.15, 0.2) is 0 Å². The predicted octanol–water partition coefficient (Wildman–Crippen LogP) is 3.48. The van der Waals surface area contributed by atoms with E-state index in [1.54, 1.807) is 0 Å². The van der Waals surface area contributed by atoms with Crippen LogP contribution in [-0.2, 0) is 14.3 Å². The van der Waals surface area contributed by atoms with Crippen LogP contribution in [0.2, 0.25) is 0 Å². The van der Waals surface area contributed by atoms with Crippen molar-refractivity contribution in [1.82, 2.24) is 10.2 Å². The van der Waals surface area contributed by atoms with E-state index >= 15 is 0 Å². The van der Waals surface area contributed by atoms with Crippen LogP contribution >= 0.6 is 0 Å². The summed E-state index contributed by atoms with van der Waals surface area (Å²) in [4.78, 5) is 37.4. The maximum Gasteiger partial charge on any atom is 0.407 e. The summed E-state index contributed by atoms with van der Waals surface area (Å²) in [5, 5.41) is 21.0. The normalized spacial score (nSPS) is 13.1. The lowest BCUT2D eigenvalue weighted by molar-refractivity contribution is -0.145. The maximum atomic E-state index is 12.6. The molecule has 0 heterocycles. The molecule has 0 bridgehead atoms. The molecule has 188 valence electrons. The van der Waals surface area contributed by atoms with E-state index in [0.29, 0.717) is 6.42 Å². The first-order valence-corrected chi connectivity index (χ1v) is 12.0. The molecule has 0 saturated carbocycles. The molecule has 1 unspecified atom stereocenters. The molecule has 8 nitrogen and oxygen atoms in total. The molecule has 8 heteroatoms. The van der Waals surface area contributed by atoms with Gasteiger partial charge < -0.3 is 25.2 Å². The van der Waals surface area contributed by atoms with Crippen molar-refractivity contribution in [3.63, 3.8) is 0 Å². The summed E-state index contributed by atoms with van der Waals surface area (Å²) in [7, 11) is 0. The Bertz CT molecular complexity index is 992. The molecule has 1 aliphatic carbocycles. The standard InChI is InChI=1S/C27H34N2O6/c1-18(2)13-19(14-25(31)29(11-12-30)16-26(32)33)15-28-27(34)35-17-24-22-9-5-3-7-20(22)21-8-4-6-10-23(21)24/h3-10,18-19,24,30H,11-17H2,1-2H3,(H,28,34)(H,32,33). The quantitative estimate of drug-likeness (QED) is 0.427. The number of hydrogen-bond acceptors (Lipinski definition) is 5. The summed E-state index contributed by atoms with van der Waals surface area (Å²) in [6.07, 6.45) is 0.204. The molecule has 3 N–H and O–H groups in total. The number of nitrogens with one attached hydrogen (secondary N) is 1. The van der Waals surface area contributed by atoms with Crippen LogP contribution < -0.4 is 5.32 Å². The van der Waals surface area contributed by atoms with Gasteiger partial charge in [0, 0.05) is 25.4 Å². The first-order chi connectivity index (χ1) is 16.8. The summed E-state index contributed by atoms with van der Waals surface area (Å²) in [6, 6.07) is 16.2. The lowest BCUT2D eigenvalue weighted by atomic mass is 9.93. The van der Waals surface area contributed by atoms with Gasteiger partial charge in [0.1, 0.15) is 13.2 Å². The van der Waals surface area contributed by atoms with Crippen LogP contribution in [0.15, 0.2) is 48.5 Å². The lowest BCUT2D eigenvalue weighted by Crippen LogP contribution is -2.40. The summed E-state index contributed by atoms with van der Waals surface area (Å²) in [6.45, 7) is 3.66. The van der Waals surface area contributed by atoms with Crippen molar-refractivity contribution in [3.8, 4) is 11.1 Å². The Hall–Kier alpha value is -3.39. The number of benzene rings is 2. The number of carboxylic acids is 1. The highest BCUT2D eigenvalue weighted by Gasteiger charge is 2.29. The second kappa shape index (κ2) is 12.4. The SMILES string of the molecule is CC(C)CC(CNC(=O)OCC1c2ccccc2-c2ccccc21)CC(=O)N(CCO)CC(=O)O. The summed E-state index contributed by atoms with van der Waals surface area (Å²) >= 11 is 0. The van der Waals surface area contributed by atoms with Crippen LogP contribution in [0.4, 0.5) is 4.79 Å². The van der Waals surface area contributed by atoms with Gasteiger partial charge in [-0.25, -0.2) is 4.79 Å². The molecule has 2 aromatic rings. The largest absolute Gasteiger partial charge is 0.480 e. The Morgan fingerprint density at radius 3 is 2.17 bits per heavy atom. The smallest absolute Gasteiger partial charge is 0.407 e. The number of carbonyl (C=O) groups is 3. The van der Waals surface area contributed by atoms with E-state index in [2.05, 4.69) is 29.6 Å². The van der Waals surface area contributed by atoms with Gasteiger partial charge in [-0.2, -0.15) is 0 Å². The van der Waals surface area contributed by atoms with E-state index < -0.39 is 18.6 Å². The second-order valence-corrected chi connectivity index (χ2v) is 9.34. The van der Waals surface area contributed by atoms with E-state index in [1.165, 1.54) is 0 Å². The van der Waals surface area contributed by atoms with Crippen LogP contribution in [0, 0.1) is 11.8 Å². The minimum Gasteiger partial charge on any atom is -0.480 e. The van der Waals surface area contributed by atoms with Crippen molar-refractivity contribution in [2.24, 2.45) is 11.8 Å². The number of carboxylic acid groups (broad SMARTS) is 1. The number of aliphatic carboxylic acids is 1. The zero-order valence-electron chi connectivity index (χ0n) is 20.3. The highest BCUT2D eigenvalue weighted by molar-refractivity contribution is 5.81. The molecule has 0 radical (unpaired) electrons. The fourth-order valence-electron chi connectivity index (χ4n) is 4.73. The molecular formula is C27H34N2O6. The van der Waals surface area contributed by atoms with E-state index in [-0.39, 0.29) is 56.4 Å². The zero-order chi connectivity index (χ0) is 25.4. The number of ether oxygens (including phenoxy) is 1. The van der Waals surface area contributed by atoms with Crippen molar-refractivity contribution in [2.45, 2.75) is 32.6 Å². The van der Waals surface area contributed by atoms with Gasteiger partial charge in [-0.3, -0.25) is 9.59 Å². The van der Waals surface area contributed by atoms with Crippen molar-refractivity contribution >= 4 is 18.0 Å². The average molecular weight is 483 g/mol. The number of rotatable bonds is 12. The molecular weight excluding hydrogens is 448 g/mol. The fraction of sp³-hybridized carbons (Fsp3) is 0.444. The highest BCUT2D eigenvalue weighted by atomic mass is 16.5. The van der Waals surface area contributed by atoms with Crippen LogP contribution in [0.5, 0.6) is 0 Å². The minimum absolute atomic E-state index is 0.0377. The summed E-state index contributed by atoms with van der Waals surface area (Å²) in [5.74, 6) is -1.43. The molecule has 2 amide bonds. The van der Waals surface area contributed by atoms with Gasteiger partial charge in [0.25, 0.3) is 0 Å².